The number of carbonyl (C=O) groups excluding carboxylic acids is 1. The molecule has 0 spiro atoms. The van der Waals surface area contributed by atoms with Crippen LogP contribution in [0, 0.1) is 0 Å². The predicted molar refractivity (Wildman–Crippen MR) is 71.2 cm³/mol. The smallest absolute Gasteiger partial charge is 0.234 e. The predicted octanol–water partition coefficient (Wildman–Crippen LogP) is 1.03. The first-order chi connectivity index (χ1) is 8.59. The van der Waals surface area contributed by atoms with E-state index in [1.54, 1.807) is 24.5 Å². The van der Waals surface area contributed by atoms with E-state index in [1.165, 1.54) is 0 Å². The van der Waals surface area contributed by atoms with Crippen LogP contribution in [0.3, 0.4) is 0 Å². The van der Waals surface area contributed by atoms with Gasteiger partial charge >= 0.3 is 0 Å². The highest BCUT2D eigenvalue weighted by atomic mass is 32.1. The van der Waals surface area contributed by atoms with E-state index >= 15 is 0 Å². The number of aryl methyl sites for hydroxylation is 1. The van der Waals surface area contributed by atoms with Crippen molar-refractivity contribution in [1.82, 2.24) is 14.9 Å². The maximum atomic E-state index is 11.2. The van der Waals surface area contributed by atoms with E-state index < -0.39 is 6.04 Å². The van der Waals surface area contributed by atoms with Gasteiger partial charge in [0.05, 0.1) is 6.04 Å². The molecular formula is C12H16N4OS. The summed E-state index contributed by atoms with van der Waals surface area (Å²) in [5.41, 5.74) is 5.30. The average molecular weight is 264 g/mol. The Morgan fingerprint density at radius 2 is 2.39 bits per heavy atom. The van der Waals surface area contributed by atoms with E-state index in [2.05, 4.69) is 10.3 Å². The average Bonchev–Trinajstić information content (AvgIpc) is 2.96. The lowest BCUT2D eigenvalue weighted by atomic mass is 10.2. The Morgan fingerprint density at radius 3 is 2.89 bits per heavy atom. The van der Waals surface area contributed by atoms with Crippen molar-refractivity contribution in [3.8, 4) is 0 Å². The number of thiophene rings is 1. The lowest BCUT2D eigenvalue weighted by Crippen LogP contribution is -2.41. The van der Waals surface area contributed by atoms with Gasteiger partial charge in [-0.2, -0.15) is 0 Å². The number of carbonyl (C=O) groups is 1. The lowest BCUT2D eigenvalue weighted by Gasteiger charge is -2.20. The fourth-order valence-electron chi connectivity index (χ4n) is 1.73. The van der Waals surface area contributed by atoms with Crippen LogP contribution in [0.25, 0.3) is 0 Å². The Labute approximate surface area is 110 Å². The third kappa shape index (κ3) is 2.60. The van der Waals surface area contributed by atoms with Gasteiger partial charge in [-0.1, -0.05) is 6.07 Å². The molecule has 2 aromatic rings. The lowest BCUT2D eigenvalue weighted by molar-refractivity contribution is -0.119. The zero-order chi connectivity index (χ0) is 13.1. The van der Waals surface area contributed by atoms with E-state index in [0.717, 1.165) is 10.7 Å². The molecule has 96 valence electrons. The highest BCUT2D eigenvalue weighted by Crippen LogP contribution is 2.25. The van der Waals surface area contributed by atoms with Crippen molar-refractivity contribution in [2.24, 2.45) is 12.8 Å². The molecule has 0 aliphatic carbocycles. The number of hydrogen-bond acceptors (Lipinski definition) is 4. The summed E-state index contributed by atoms with van der Waals surface area (Å²) in [6.07, 6.45) is 3.62. The summed E-state index contributed by atoms with van der Waals surface area (Å²) in [7, 11) is 1.93. The molecular weight excluding hydrogens is 248 g/mol. The molecule has 0 aromatic carbocycles. The van der Waals surface area contributed by atoms with Gasteiger partial charge in [-0.3, -0.25) is 10.1 Å². The summed E-state index contributed by atoms with van der Waals surface area (Å²) in [5.74, 6) is 0.497. The molecule has 0 bridgehead atoms. The minimum atomic E-state index is -0.409. The van der Waals surface area contributed by atoms with Crippen LogP contribution >= 0.6 is 11.3 Å². The molecule has 18 heavy (non-hydrogen) atoms. The highest BCUT2D eigenvalue weighted by Gasteiger charge is 2.22. The van der Waals surface area contributed by atoms with Crippen molar-refractivity contribution in [2.75, 3.05) is 0 Å². The fourth-order valence-corrected chi connectivity index (χ4v) is 2.51. The molecule has 1 amide bonds. The molecule has 0 aliphatic rings. The summed E-state index contributed by atoms with van der Waals surface area (Å²) in [4.78, 5) is 16.6. The zero-order valence-electron chi connectivity index (χ0n) is 10.3. The van der Waals surface area contributed by atoms with Crippen molar-refractivity contribution >= 4 is 17.2 Å². The molecule has 2 atom stereocenters. The van der Waals surface area contributed by atoms with Crippen LogP contribution in [0.4, 0.5) is 0 Å². The Kier molecular flexibility index (Phi) is 3.78. The number of nitrogens with one attached hydrogen (secondary N) is 1. The molecule has 5 nitrogen and oxygen atoms in total. The molecule has 2 heterocycles. The summed E-state index contributed by atoms with van der Waals surface area (Å²) in [6.45, 7) is 1.76. The molecule has 2 aromatic heterocycles. The number of primary amides is 1. The molecule has 3 N–H and O–H groups in total. The number of hydrogen-bond donors (Lipinski definition) is 2. The third-order valence-corrected chi connectivity index (χ3v) is 3.72. The first-order valence-electron chi connectivity index (χ1n) is 5.65. The second-order valence-corrected chi connectivity index (χ2v) is 5.11. The summed E-state index contributed by atoms with van der Waals surface area (Å²) in [5, 5.41) is 5.22. The van der Waals surface area contributed by atoms with E-state index in [0.29, 0.717) is 0 Å². The molecule has 0 fully saturated rings. The molecule has 0 saturated heterocycles. The van der Waals surface area contributed by atoms with E-state index in [1.807, 2.05) is 35.3 Å². The number of nitrogens with zero attached hydrogens (tertiary/aromatic N) is 2. The van der Waals surface area contributed by atoms with Crippen LogP contribution in [-0.4, -0.2) is 21.5 Å². The summed E-state index contributed by atoms with van der Waals surface area (Å²) >= 11 is 1.62. The quantitative estimate of drug-likeness (QED) is 0.847. The SMILES string of the molecule is CC(NC(c1cccs1)c1nccn1C)C(N)=O. The minimum absolute atomic E-state index is 0.118. The van der Waals surface area contributed by atoms with Crippen LogP contribution in [0.5, 0.6) is 0 Å². The maximum Gasteiger partial charge on any atom is 0.234 e. The minimum Gasteiger partial charge on any atom is -0.368 e. The topological polar surface area (TPSA) is 72.9 Å². The fraction of sp³-hybridized carbons (Fsp3) is 0.333. The molecule has 6 heteroatoms. The molecule has 0 aliphatic heterocycles. The van der Waals surface area contributed by atoms with E-state index in [9.17, 15) is 4.79 Å². The van der Waals surface area contributed by atoms with Crippen LogP contribution in [0.1, 0.15) is 23.7 Å². The van der Waals surface area contributed by atoms with Crippen molar-refractivity contribution in [1.29, 1.82) is 0 Å². The van der Waals surface area contributed by atoms with Crippen LogP contribution in [0.15, 0.2) is 29.9 Å². The van der Waals surface area contributed by atoms with Gasteiger partial charge in [0.2, 0.25) is 5.91 Å². The van der Waals surface area contributed by atoms with Gasteiger partial charge in [-0.15, -0.1) is 11.3 Å². The van der Waals surface area contributed by atoms with Gasteiger partial charge in [-0.05, 0) is 18.4 Å². The Balaban J connectivity index is 2.30. The van der Waals surface area contributed by atoms with Gasteiger partial charge in [0.25, 0.3) is 0 Å². The third-order valence-electron chi connectivity index (χ3n) is 2.79. The van der Waals surface area contributed by atoms with Crippen molar-refractivity contribution in [2.45, 2.75) is 19.0 Å². The number of aromatic nitrogens is 2. The van der Waals surface area contributed by atoms with Crippen LogP contribution in [0.2, 0.25) is 0 Å². The molecule has 2 unspecified atom stereocenters. The van der Waals surface area contributed by atoms with E-state index in [-0.39, 0.29) is 11.9 Å². The van der Waals surface area contributed by atoms with Crippen molar-refractivity contribution in [3.05, 3.63) is 40.6 Å². The van der Waals surface area contributed by atoms with Gasteiger partial charge in [0.1, 0.15) is 11.9 Å². The summed E-state index contributed by atoms with van der Waals surface area (Å²) < 4.78 is 1.94. The van der Waals surface area contributed by atoms with Crippen LogP contribution < -0.4 is 11.1 Å². The molecule has 2 rings (SSSR count). The number of imidazole rings is 1. The Bertz CT molecular complexity index is 520. The van der Waals surface area contributed by atoms with Gasteiger partial charge in [0, 0.05) is 24.3 Å². The Hall–Kier alpha value is -1.66. The van der Waals surface area contributed by atoms with Gasteiger partial charge in [-0.25, -0.2) is 4.98 Å². The second-order valence-electron chi connectivity index (χ2n) is 4.14. The van der Waals surface area contributed by atoms with Crippen LogP contribution in [-0.2, 0) is 11.8 Å². The molecule has 0 saturated carbocycles. The van der Waals surface area contributed by atoms with E-state index in [4.69, 9.17) is 5.73 Å². The second kappa shape index (κ2) is 5.32. The summed E-state index contributed by atoms with van der Waals surface area (Å²) in [6, 6.07) is 3.47. The number of nitrogens with two attached hydrogens (primary N) is 1. The largest absolute Gasteiger partial charge is 0.368 e. The maximum absolute atomic E-state index is 11.2. The zero-order valence-corrected chi connectivity index (χ0v) is 11.1. The van der Waals surface area contributed by atoms with Crippen molar-refractivity contribution in [3.63, 3.8) is 0 Å². The first-order valence-corrected chi connectivity index (χ1v) is 6.53. The Morgan fingerprint density at radius 1 is 1.61 bits per heavy atom. The van der Waals surface area contributed by atoms with Gasteiger partial charge in [0.15, 0.2) is 0 Å². The number of amides is 1. The number of rotatable bonds is 5. The highest BCUT2D eigenvalue weighted by molar-refractivity contribution is 7.10. The normalized spacial score (nSPS) is 14.3. The standard InChI is InChI=1S/C12H16N4OS/c1-8(11(13)17)15-10(9-4-3-7-18-9)12-14-5-6-16(12)2/h3-8,10,15H,1-2H3,(H2,13,17). The molecule has 0 radical (unpaired) electrons. The first kappa shape index (κ1) is 12.8. The van der Waals surface area contributed by atoms with Gasteiger partial charge < -0.3 is 10.3 Å². The van der Waals surface area contributed by atoms with Crippen molar-refractivity contribution < 1.29 is 4.79 Å². The monoisotopic (exact) mass is 264 g/mol.